The normalized spacial score (nSPS) is 11.4. The van der Waals surface area contributed by atoms with Gasteiger partial charge < -0.3 is 11.1 Å². The van der Waals surface area contributed by atoms with Crippen molar-refractivity contribution < 1.29 is 17.8 Å². The number of nitrogen functional groups attached to an aromatic ring is 1. The molecule has 1 amide bonds. The lowest BCUT2D eigenvalue weighted by Gasteiger charge is -2.08. The number of benzene rings is 2. The molecule has 0 fully saturated rings. The van der Waals surface area contributed by atoms with Crippen LogP contribution >= 0.6 is 0 Å². The van der Waals surface area contributed by atoms with Gasteiger partial charge in [-0.1, -0.05) is 6.07 Å². The summed E-state index contributed by atoms with van der Waals surface area (Å²) in [6.07, 6.45) is 0.477. The van der Waals surface area contributed by atoms with Crippen molar-refractivity contribution in [2.75, 3.05) is 11.1 Å². The van der Waals surface area contributed by atoms with E-state index < -0.39 is 10.1 Å². The summed E-state index contributed by atoms with van der Waals surface area (Å²) in [5.41, 5.74) is 6.62. The second kappa shape index (κ2) is 4.28. The molecule has 7 heteroatoms. The van der Waals surface area contributed by atoms with E-state index in [9.17, 15) is 13.2 Å². The van der Waals surface area contributed by atoms with Crippen molar-refractivity contribution in [3.63, 3.8) is 0 Å². The van der Waals surface area contributed by atoms with Crippen molar-refractivity contribution >= 4 is 38.7 Å². The molecule has 0 atom stereocenters. The molecule has 0 saturated carbocycles. The van der Waals surface area contributed by atoms with Gasteiger partial charge in [-0.3, -0.25) is 9.35 Å². The first-order chi connectivity index (χ1) is 8.43. The summed E-state index contributed by atoms with van der Waals surface area (Å²) in [5.74, 6) is 0. The first-order valence-electron chi connectivity index (χ1n) is 4.93. The first-order valence-corrected chi connectivity index (χ1v) is 6.37. The van der Waals surface area contributed by atoms with Gasteiger partial charge in [0.15, 0.2) is 0 Å². The van der Waals surface area contributed by atoms with E-state index >= 15 is 0 Å². The molecule has 0 unspecified atom stereocenters. The molecule has 6 nitrogen and oxygen atoms in total. The number of hydrogen-bond donors (Lipinski definition) is 3. The lowest BCUT2D eigenvalue weighted by molar-refractivity contribution is -0.105. The maximum atomic E-state index is 11.1. The number of carbonyl (C=O) groups is 1. The van der Waals surface area contributed by atoms with Gasteiger partial charge in [0.05, 0.1) is 4.90 Å². The van der Waals surface area contributed by atoms with Crippen LogP contribution in [0.3, 0.4) is 0 Å². The number of carbonyl (C=O) groups excluding carboxylic acids is 1. The third-order valence-corrected chi connectivity index (χ3v) is 3.38. The zero-order chi connectivity index (χ0) is 13.3. The van der Waals surface area contributed by atoms with E-state index in [1.54, 1.807) is 12.1 Å². The molecule has 0 radical (unpaired) electrons. The van der Waals surface area contributed by atoms with E-state index in [0.717, 1.165) is 0 Å². The molecule has 2 aromatic carbocycles. The van der Waals surface area contributed by atoms with Gasteiger partial charge in [0.25, 0.3) is 10.1 Å². The number of rotatable bonds is 3. The van der Waals surface area contributed by atoms with E-state index in [-0.39, 0.29) is 4.90 Å². The third kappa shape index (κ3) is 2.13. The lowest BCUT2D eigenvalue weighted by Crippen LogP contribution is -2.00. The average Bonchev–Trinajstić information content (AvgIpc) is 2.31. The van der Waals surface area contributed by atoms with Crippen LogP contribution in [-0.4, -0.2) is 19.4 Å². The van der Waals surface area contributed by atoms with Crippen LogP contribution in [0.25, 0.3) is 10.8 Å². The van der Waals surface area contributed by atoms with Crippen molar-refractivity contribution in [1.29, 1.82) is 0 Å². The monoisotopic (exact) mass is 266 g/mol. The highest BCUT2D eigenvalue weighted by Crippen LogP contribution is 2.30. The summed E-state index contributed by atoms with van der Waals surface area (Å²) in [5, 5.41) is 3.48. The lowest BCUT2D eigenvalue weighted by atomic mass is 10.1. The summed E-state index contributed by atoms with van der Waals surface area (Å²) >= 11 is 0. The van der Waals surface area contributed by atoms with Crippen molar-refractivity contribution in [2.24, 2.45) is 0 Å². The van der Waals surface area contributed by atoms with Gasteiger partial charge >= 0.3 is 0 Å². The van der Waals surface area contributed by atoms with Crippen LogP contribution in [0.2, 0.25) is 0 Å². The molecule has 4 N–H and O–H groups in total. The Labute approximate surface area is 103 Å². The predicted molar refractivity (Wildman–Crippen MR) is 67.9 cm³/mol. The van der Waals surface area contributed by atoms with E-state index in [1.165, 1.54) is 18.2 Å². The number of amides is 1. The van der Waals surface area contributed by atoms with Gasteiger partial charge in [0.1, 0.15) is 0 Å². The highest BCUT2D eigenvalue weighted by Gasteiger charge is 2.12. The fourth-order valence-corrected chi connectivity index (χ4v) is 2.21. The second-order valence-electron chi connectivity index (χ2n) is 3.65. The molecule has 18 heavy (non-hydrogen) atoms. The number of fused-ring (bicyclic) bond motifs is 1. The maximum Gasteiger partial charge on any atom is 0.294 e. The molecule has 94 valence electrons. The molecule has 2 aromatic rings. The molecule has 0 heterocycles. The SMILES string of the molecule is Nc1ccc(NC=O)c2cc(S(=O)(=O)O)ccc12. The molecule has 2 rings (SSSR count). The summed E-state index contributed by atoms with van der Waals surface area (Å²) < 4.78 is 31.1. The van der Waals surface area contributed by atoms with Gasteiger partial charge in [-0.15, -0.1) is 0 Å². The largest absolute Gasteiger partial charge is 0.398 e. The molecular weight excluding hydrogens is 256 g/mol. The Morgan fingerprint density at radius 1 is 1.17 bits per heavy atom. The van der Waals surface area contributed by atoms with Gasteiger partial charge in [0, 0.05) is 22.1 Å². The Balaban J connectivity index is 2.81. The number of nitrogens with one attached hydrogen (secondary N) is 1. The van der Waals surface area contributed by atoms with Crippen LogP contribution in [0.15, 0.2) is 35.2 Å². The molecule has 0 aromatic heterocycles. The van der Waals surface area contributed by atoms with E-state index in [1.807, 2.05) is 0 Å². The highest BCUT2D eigenvalue weighted by atomic mass is 32.2. The van der Waals surface area contributed by atoms with Crippen molar-refractivity contribution in [2.45, 2.75) is 4.90 Å². The molecular formula is C11H10N2O4S. The minimum absolute atomic E-state index is 0.255. The molecule has 0 aliphatic heterocycles. The standard InChI is InChI=1S/C11H10N2O4S/c12-10-3-4-11(13-6-14)9-5-7(18(15,16)17)1-2-8(9)10/h1-6H,12H2,(H,13,14)(H,15,16,17). The van der Waals surface area contributed by atoms with Crippen molar-refractivity contribution in [3.05, 3.63) is 30.3 Å². The first kappa shape index (κ1) is 12.3. The Bertz CT molecular complexity index is 725. The fourth-order valence-electron chi connectivity index (χ4n) is 1.70. The van der Waals surface area contributed by atoms with E-state index in [4.69, 9.17) is 10.3 Å². The minimum Gasteiger partial charge on any atom is -0.398 e. The van der Waals surface area contributed by atoms with Gasteiger partial charge in [-0.2, -0.15) is 8.42 Å². The minimum atomic E-state index is -4.30. The van der Waals surface area contributed by atoms with Crippen LogP contribution in [0.5, 0.6) is 0 Å². The topological polar surface area (TPSA) is 109 Å². The molecule has 0 spiro atoms. The van der Waals surface area contributed by atoms with Crippen LogP contribution in [-0.2, 0) is 14.9 Å². The Kier molecular flexibility index (Phi) is 2.93. The van der Waals surface area contributed by atoms with Gasteiger partial charge in [0.2, 0.25) is 6.41 Å². The van der Waals surface area contributed by atoms with Crippen molar-refractivity contribution in [3.8, 4) is 0 Å². The summed E-state index contributed by atoms with van der Waals surface area (Å²) in [4.78, 5) is 10.2. The van der Waals surface area contributed by atoms with Gasteiger partial charge in [-0.25, -0.2) is 0 Å². The quantitative estimate of drug-likeness (QED) is 0.440. The Hall–Kier alpha value is -2.12. The molecule has 0 bridgehead atoms. The smallest absolute Gasteiger partial charge is 0.294 e. The van der Waals surface area contributed by atoms with Crippen LogP contribution < -0.4 is 11.1 Å². The fraction of sp³-hybridized carbons (Fsp3) is 0. The number of hydrogen-bond acceptors (Lipinski definition) is 4. The average molecular weight is 266 g/mol. The molecule has 0 saturated heterocycles. The van der Waals surface area contributed by atoms with E-state index in [0.29, 0.717) is 28.6 Å². The Morgan fingerprint density at radius 2 is 1.89 bits per heavy atom. The number of anilines is 2. The predicted octanol–water partition coefficient (Wildman–Crippen LogP) is 1.24. The Morgan fingerprint density at radius 3 is 2.50 bits per heavy atom. The third-order valence-electron chi connectivity index (χ3n) is 2.53. The van der Waals surface area contributed by atoms with E-state index in [2.05, 4.69) is 5.32 Å². The van der Waals surface area contributed by atoms with Crippen LogP contribution in [0.4, 0.5) is 11.4 Å². The summed E-state index contributed by atoms with van der Waals surface area (Å²) in [6.45, 7) is 0. The molecule has 0 aliphatic rings. The van der Waals surface area contributed by atoms with Crippen LogP contribution in [0, 0.1) is 0 Å². The second-order valence-corrected chi connectivity index (χ2v) is 5.07. The zero-order valence-electron chi connectivity index (χ0n) is 9.12. The maximum absolute atomic E-state index is 11.1. The highest BCUT2D eigenvalue weighted by molar-refractivity contribution is 7.85. The summed E-state index contributed by atoms with van der Waals surface area (Å²) in [6, 6.07) is 7.14. The summed E-state index contributed by atoms with van der Waals surface area (Å²) in [7, 11) is -4.30. The van der Waals surface area contributed by atoms with Crippen molar-refractivity contribution in [1.82, 2.24) is 0 Å². The van der Waals surface area contributed by atoms with Gasteiger partial charge in [-0.05, 0) is 24.3 Å². The zero-order valence-corrected chi connectivity index (χ0v) is 9.94. The number of nitrogens with two attached hydrogens (primary N) is 1. The van der Waals surface area contributed by atoms with Crippen LogP contribution in [0.1, 0.15) is 0 Å². The molecule has 0 aliphatic carbocycles.